The molecule has 0 saturated heterocycles. The minimum atomic E-state index is -4.87. The van der Waals surface area contributed by atoms with Crippen molar-refractivity contribution in [3.63, 3.8) is 0 Å². The maximum Gasteiger partial charge on any atom is 0.437 e. The summed E-state index contributed by atoms with van der Waals surface area (Å²) < 4.78 is 72.2. The number of oxime groups is 1. The average Bonchev–Trinajstić information content (AvgIpc) is 2.41. The molecular weight excluding hydrogens is 347 g/mol. The molecule has 9 heteroatoms. The number of benzene rings is 1. The zero-order chi connectivity index (χ0) is 18.5. The number of hydrogen-bond donors (Lipinski definition) is 0. The zero-order valence-corrected chi connectivity index (χ0v) is 14.7. The Morgan fingerprint density at radius 3 is 2.12 bits per heavy atom. The van der Waals surface area contributed by atoms with Gasteiger partial charge in [0.2, 0.25) is 0 Å². The molecule has 5 nitrogen and oxygen atoms in total. The second-order valence-electron chi connectivity index (χ2n) is 5.15. The molecule has 0 fully saturated rings. The molecule has 136 valence electrons. The van der Waals surface area contributed by atoms with Gasteiger partial charge in [-0.15, -0.1) is 0 Å². The molecule has 0 aliphatic carbocycles. The maximum atomic E-state index is 13.2. The normalized spacial score (nSPS) is 13.0. The van der Waals surface area contributed by atoms with Gasteiger partial charge < -0.3 is 4.74 Å². The Labute approximate surface area is 139 Å². The first-order chi connectivity index (χ1) is 11.0. The van der Waals surface area contributed by atoms with E-state index in [1.54, 1.807) is 27.7 Å². The second-order valence-corrected chi connectivity index (χ2v) is 6.82. The van der Waals surface area contributed by atoms with Crippen LogP contribution in [-0.2, 0) is 14.4 Å². The average molecular weight is 367 g/mol. The van der Waals surface area contributed by atoms with Gasteiger partial charge in [0.05, 0.1) is 12.4 Å². The van der Waals surface area contributed by atoms with E-state index >= 15 is 0 Å². The lowest BCUT2D eigenvalue weighted by Gasteiger charge is -2.15. The van der Waals surface area contributed by atoms with Crippen LogP contribution < -0.4 is 4.74 Å². The molecule has 0 atom stereocenters. The van der Waals surface area contributed by atoms with Crippen LogP contribution in [0.4, 0.5) is 13.2 Å². The van der Waals surface area contributed by atoms with Crippen molar-refractivity contribution in [2.75, 3.05) is 12.4 Å². The van der Waals surface area contributed by atoms with Gasteiger partial charge in [0.1, 0.15) is 5.75 Å². The molecule has 0 N–H and O–H groups in total. The van der Waals surface area contributed by atoms with Crippen LogP contribution in [0.15, 0.2) is 17.3 Å². The molecule has 0 aliphatic rings. The van der Waals surface area contributed by atoms with Crippen LogP contribution in [0.25, 0.3) is 0 Å². The van der Waals surface area contributed by atoms with Gasteiger partial charge in [-0.05, 0) is 50.5 Å². The van der Waals surface area contributed by atoms with E-state index in [1.807, 2.05) is 0 Å². The van der Waals surface area contributed by atoms with Crippen LogP contribution in [0.2, 0.25) is 0 Å². The van der Waals surface area contributed by atoms with Crippen molar-refractivity contribution in [3.8, 4) is 5.75 Å². The van der Waals surface area contributed by atoms with Gasteiger partial charge in [0.25, 0.3) is 0 Å². The van der Waals surface area contributed by atoms with E-state index in [2.05, 4.69) is 9.44 Å². The smallest absolute Gasteiger partial charge is 0.437 e. The molecule has 1 aromatic carbocycles. The molecule has 0 spiro atoms. The Bertz CT molecular complexity index is 689. The summed E-state index contributed by atoms with van der Waals surface area (Å²) in [5, 5.41) is 2.88. The molecule has 0 saturated carbocycles. The third kappa shape index (κ3) is 5.40. The Balaban J connectivity index is 3.33. The summed E-state index contributed by atoms with van der Waals surface area (Å²) in [6.45, 7) is 6.91. The van der Waals surface area contributed by atoms with Gasteiger partial charge in [-0.3, -0.25) is 4.28 Å². The van der Waals surface area contributed by atoms with E-state index in [9.17, 15) is 21.6 Å². The van der Waals surface area contributed by atoms with Gasteiger partial charge in [0.15, 0.2) is 5.71 Å². The Kier molecular flexibility index (Phi) is 6.65. The summed E-state index contributed by atoms with van der Waals surface area (Å²) in [6, 6.07) is 2.47. The topological polar surface area (TPSA) is 65.0 Å². The van der Waals surface area contributed by atoms with Crippen LogP contribution in [0.3, 0.4) is 0 Å². The van der Waals surface area contributed by atoms with E-state index in [1.165, 1.54) is 12.1 Å². The number of ether oxygens (including phenoxy) is 1. The van der Waals surface area contributed by atoms with Crippen LogP contribution in [0.1, 0.15) is 37.0 Å². The predicted molar refractivity (Wildman–Crippen MR) is 84.8 cm³/mol. The molecule has 0 aliphatic heterocycles. The van der Waals surface area contributed by atoms with Gasteiger partial charge in [-0.2, -0.15) is 21.6 Å². The summed E-state index contributed by atoms with van der Waals surface area (Å²) >= 11 is 0. The van der Waals surface area contributed by atoms with Crippen molar-refractivity contribution in [2.24, 2.45) is 5.16 Å². The van der Waals surface area contributed by atoms with Gasteiger partial charge in [0, 0.05) is 5.56 Å². The molecule has 1 rings (SSSR count). The van der Waals surface area contributed by atoms with Gasteiger partial charge >= 0.3 is 16.3 Å². The van der Waals surface area contributed by atoms with E-state index in [4.69, 9.17) is 4.74 Å². The molecule has 0 aromatic heterocycles. The predicted octanol–water partition coefficient (Wildman–Crippen LogP) is 3.72. The minimum Gasteiger partial charge on any atom is -0.493 e. The highest BCUT2D eigenvalue weighted by Gasteiger charge is 2.39. The SMILES string of the molecule is CCCS(=O)(=O)ON=C(c1cc(C)c(OCC)c(C)c1)C(F)(F)F. The number of nitrogens with zero attached hydrogens (tertiary/aromatic N) is 1. The number of rotatable bonds is 7. The Hall–Kier alpha value is -1.77. The van der Waals surface area contributed by atoms with Crippen LogP contribution in [-0.4, -0.2) is 32.7 Å². The number of halogens is 3. The van der Waals surface area contributed by atoms with Crippen molar-refractivity contribution < 1.29 is 30.6 Å². The molecule has 24 heavy (non-hydrogen) atoms. The summed E-state index contributed by atoms with van der Waals surface area (Å²) in [6.07, 6.45) is -4.66. The van der Waals surface area contributed by atoms with Crippen LogP contribution >= 0.6 is 0 Å². The van der Waals surface area contributed by atoms with E-state index in [0.717, 1.165) is 0 Å². The van der Waals surface area contributed by atoms with Crippen molar-refractivity contribution in [1.82, 2.24) is 0 Å². The van der Waals surface area contributed by atoms with Crippen molar-refractivity contribution >= 4 is 15.8 Å². The fourth-order valence-corrected chi connectivity index (χ4v) is 2.87. The maximum absolute atomic E-state index is 13.2. The molecule has 0 unspecified atom stereocenters. The highest BCUT2D eigenvalue weighted by molar-refractivity contribution is 7.86. The Morgan fingerprint density at radius 1 is 1.17 bits per heavy atom. The standard InChI is InChI=1S/C15H20F3NO4S/c1-5-7-24(20,21)23-19-14(15(16,17)18)12-8-10(3)13(22-6-2)11(4)9-12/h8-9H,5-7H2,1-4H3. The molecule has 1 aromatic rings. The molecule has 0 amide bonds. The number of alkyl halides is 3. The van der Waals surface area contributed by atoms with Crippen molar-refractivity contribution in [2.45, 2.75) is 40.3 Å². The minimum absolute atomic E-state index is 0.209. The van der Waals surface area contributed by atoms with E-state index in [-0.39, 0.29) is 12.0 Å². The highest BCUT2D eigenvalue weighted by Crippen LogP contribution is 2.29. The fraction of sp³-hybridized carbons (Fsp3) is 0.533. The van der Waals surface area contributed by atoms with Crippen LogP contribution in [0, 0.1) is 13.8 Å². The Morgan fingerprint density at radius 2 is 1.71 bits per heavy atom. The van der Waals surface area contributed by atoms with Gasteiger partial charge in [-0.1, -0.05) is 12.1 Å². The first kappa shape index (κ1) is 20.3. The highest BCUT2D eigenvalue weighted by atomic mass is 32.2. The first-order valence-corrected chi connectivity index (χ1v) is 8.90. The third-order valence-corrected chi connectivity index (χ3v) is 4.20. The van der Waals surface area contributed by atoms with E-state index < -0.39 is 27.8 Å². The van der Waals surface area contributed by atoms with Gasteiger partial charge in [-0.25, -0.2) is 0 Å². The second kappa shape index (κ2) is 7.87. The fourth-order valence-electron chi connectivity index (χ4n) is 2.11. The van der Waals surface area contributed by atoms with Crippen molar-refractivity contribution in [1.29, 1.82) is 0 Å². The van der Waals surface area contributed by atoms with Crippen LogP contribution in [0.5, 0.6) is 5.75 Å². The summed E-state index contributed by atoms with van der Waals surface area (Å²) in [5.41, 5.74) is -0.718. The van der Waals surface area contributed by atoms with Crippen molar-refractivity contribution in [3.05, 3.63) is 28.8 Å². The monoisotopic (exact) mass is 367 g/mol. The molecule has 0 bridgehead atoms. The first-order valence-electron chi connectivity index (χ1n) is 7.32. The zero-order valence-electron chi connectivity index (χ0n) is 13.9. The van der Waals surface area contributed by atoms with E-state index in [0.29, 0.717) is 23.5 Å². The lowest BCUT2D eigenvalue weighted by atomic mass is 10.0. The summed E-state index contributed by atoms with van der Waals surface area (Å²) in [7, 11) is -4.14. The molecular formula is C15H20F3NO4S. The largest absolute Gasteiger partial charge is 0.493 e. The summed E-state index contributed by atoms with van der Waals surface area (Å²) in [4.78, 5) is 0. The molecule has 0 heterocycles. The summed E-state index contributed by atoms with van der Waals surface area (Å²) in [5.74, 6) is 0.0745. The quantitative estimate of drug-likeness (QED) is 0.544. The lowest BCUT2D eigenvalue weighted by Crippen LogP contribution is -2.25. The number of hydrogen-bond acceptors (Lipinski definition) is 5. The number of aryl methyl sites for hydroxylation is 2. The lowest BCUT2D eigenvalue weighted by molar-refractivity contribution is -0.0597. The third-order valence-electron chi connectivity index (χ3n) is 2.99. The molecule has 0 radical (unpaired) electrons.